The van der Waals surface area contributed by atoms with Crippen LogP contribution in [-0.4, -0.2) is 17.0 Å². The Bertz CT molecular complexity index is 473. The van der Waals surface area contributed by atoms with Gasteiger partial charge in [-0.3, -0.25) is 4.99 Å². The molecule has 1 aromatic carbocycles. The molecule has 0 aromatic heterocycles. The van der Waals surface area contributed by atoms with E-state index in [0.717, 1.165) is 36.7 Å². The van der Waals surface area contributed by atoms with Crippen LogP contribution in [-0.2, 0) is 0 Å². The lowest BCUT2D eigenvalue weighted by Gasteiger charge is -2.18. The van der Waals surface area contributed by atoms with E-state index in [4.69, 9.17) is 0 Å². The van der Waals surface area contributed by atoms with Gasteiger partial charge in [-0.1, -0.05) is 38.5 Å². The number of rotatable bonds is 4. The minimum absolute atomic E-state index is 0.489. The molecule has 0 fully saturated rings. The molecular formula is C14H18F2N2S. The Kier molecular flexibility index (Phi) is 4.80. The van der Waals surface area contributed by atoms with Crippen molar-refractivity contribution in [1.82, 2.24) is 0 Å². The van der Waals surface area contributed by atoms with E-state index in [1.54, 1.807) is 11.8 Å². The molecule has 1 heterocycles. The van der Waals surface area contributed by atoms with Crippen LogP contribution in [0, 0.1) is 17.6 Å². The fourth-order valence-electron chi connectivity index (χ4n) is 2.22. The highest BCUT2D eigenvalue weighted by Crippen LogP contribution is 2.31. The molecule has 1 unspecified atom stereocenters. The molecule has 0 radical (unpaired) electrons. The van der Waals surface area contributed by atoms with E-state index >= 15 is 0 Å². The largest absolute Gasteiger partial charge is 0.335 e. The summed E-state index contributed by atoms with van der Waals surface area (Å²) in [5, 5.41) is 4.33. The summed E-state index contributed by atoms with van der Waals surface area (Å²) in [6.45, 7) is 5.17. The van der Waals surface area contributed by atoms with Crippen LogP contribution in [0.15, 0.2) is 23.2 Å². The quantitative estimate of drug-likeness (QED) is 0.892. The molecule has 0 spiro atoms. The number of amidine groups is 1. The molecule has 0 saturated heterocycles. The fraction of sp³-hybridized carbons (Fsp3) is 0.500. The number of nitrogens with zero attached hydrogens (tertiary/aromatic N) is 1. The van der Waals surface area contributed by atoms with Crippen LogP contribution in [0.1, 0.15) is 26.7 Å². The van der Waals surface area contributed by atoms with Crippen molar-refractivity contribution in [1.29, 1.82) is 0 Å². The number of thioether (sulfide) groups is 1. The highest BCUT2D eigenvalue weighted by Gasteiger charge is 2.25. The third-order valence-electron chi connectivity index (χ3n) is 3.42. The Morgan fingerprint density at radius 1 is 1.32 bits per heavy atom. The normalized spacial score (nSPS) is 18.8. The summed E-state index contributed by atoms with van der Waals surface area (Å²) >= 11 is 1.70. The van der Waals surface area contributed by atoms with Crippen molar-refractivity contribution < 1.29 is 8.78 Å². The van der Waals surface area contributed by atoms with E-state index in [0.29, 0.717) is 16.9 Å². The first-order valence-electron chi connectivity index (χ1n) is 6.57. The van der Waals surface area contributed by atoms with Crippen LogP contribution in [0.4, 0.5) is 14.5 Å². The van der Waals surface area contributed by atoms with Crippen LogP contribution in [0.3, 0.4) is 0 Å². The number of benzene rings is 1. The van der Waals surface area contributed by atoms with Gasteiger partial charge >= 0.3 is 0 Å². The predicted molar refractivity (Wildman–Crippen MR) is 77.7 cm³/mol. The van der Waals surface area contributed by atoms with Crippen molar-refractivity contribution in [3.05, 3.63) is 29.8 Å². The highest BCUT2D eigenvalue weighted by atomic mass is 32.2. The average Bonchev–Trinajstić information content (AvgIpc) is 2.84. The smallest absolute Gasteiger partial charge is 0.161 e. The predicted octanol–water partition coefficient (Wildman–Crippen LogP) is 4.28. The molecule has 0 saturated carbocycles. The van der Waals surface area contributed by atoms with E-state index < -0.39 is 11.6 Å². The van der Waals surface area contributed by atoms with Gasteiger partial charge in [0.05, 0.1) is 6.54 Å². The minimum Gasteiger partial charge on any atom is -0.335 e. The third-order valence-corrected chi connectivity index (χ3v) is 4.71. The van der Waals surface area contributed by atoms with Gasteiger partial charge < -0.3 is 5.32 Å². The van der Waals surface area contributed by atoms with E-state index in [-0.39, 0.29) is 0 Å². The van der Waals surface area contributed by atoms with Crippen LogP contribution in [0.2, 0.25) is 0 Å². The number of nitrogens with one attached hydrogen (secondary N) is 1. The van der Waals surface area contributed by atoms with Crippen molar-refractivity contribution in [2.45, 2.75) is 31.9 Å². The Hall–Kier alpha value is -1.10. The average molecular weight is 284 g/mol. The molecule has 104 valence electrons. The lowest BCUT2D eigenvalue weighted by atomic mass is 9.99. The van der Waals surface area contributed by atoms with Gasteiger partial charge in [-0.05, 0) is 18.1 Å². The molecule has 2 nitrogen and oxygen atoms in total. The number of hydrogen-bond acceptors (Lipinski definition) is 3. The van der Waals surface area contributed by atoms with E-state index in [1.165, 1.54) is 6.07 Å². The van der Waals surface area contributed by atoms with Crippen molar-refractivity contribution in [2.24, 2.45) is 10.9 Å². The van der Waals surface area contributed by atoms with Crippen LogP contribution in [0.25, 0.3) is 0 Å². The first-order valence-corrected chi connectivity index (χ1v) is 7.45. The molecule has 1 aromatic rings. The molecule has 1 N–H and O–H groups in total. The van der Waals surface area contributed by atoms with Gasteiger partial charge in [0.15, 0.2) is 16.8 Å². The summed E-state index contributed by atoms with van der Waals surface area (Å²) in [7, 11) is 0. The Morgan fingerprint density at radius 2 is 2.05 bits per heavy atom. The summed E-state index contributed by atoms with van der Waals surface area (Å²) in [6.07, 6.45) is 2.28. The SMILES string of the molecule is CCC(CC)C1CN=C(Nc2ccc(F)c(F)c2)S1. The van der Waals surface area contributed by atoms with Gasteiger partial charge in [-0.25, -0.2) is 8.78 Å². The maximum absolute atomic E-state index is 13.1. The third kappa shape index (κ3) is 3.47. The molecule has 0 bridgehead atoms. The van der Waals surface area contributed by atoms with Gasteiger partial charge in [-0.15, -0.1) is 0 Å². The summed E-state index contributed by atoms with van der Waals surface area (Å²) in [4.78, 5) is 4.43. The van der Waals surface area contributed by atoms with E-state index in [1.807, 2.05) is 0 Å². The highest BCUT2D eigenvalue weighted by molar-refractivity contribution is 8.15. The second-order valence-electron chi connectivity index (χ2n) is 4.63. The molecule has 0 amide bonds. The maximum atomic E-state index is 13.1. The molecule has 5 heteroatoms. The van der Waals surface area contributed by atoms with Crippen LogP contribution >= 0.6 is 11.8 Å². The molecule has 1 atom stereocenters. The van der Waals surface area contributed by atoms with Gasteiger partial charge in [0, 0.05) is 17.0 Å². The lowest BCUT2D eigenvalue weighted by Crippen LogP contribution is -2.17. The molecule has 19 heavy (non-hydrogen) atoms. The molecular weight excluding hydrogens is 266 g/mol. The van der Waals surface area contributed by atoms with Gasteiger partial charge in [0.25, 0.3) is 0 Å². The summed E-state index contributed by atoms with van der Waals surface area (Å²) in [5.74, 6) is -1.02. The van der Waals surface area contributed by atoms with Gasteiger partial charge in [-0.2, -0.15) is 0 Å². The number of halogens is 2. The van der Waals surface area contributed by atoms with Crippen molar-refractivity contribution in [3.8, 4) is 0 Å². The minimum atomic E-state index is -0.842. The van der Waals surface area contributed by atoms with E-state index in [9.17, 15) is 8.78 Å². The monoisotopic (exact) mass is 284 g/mol. The zero-order valence-electron chi connectivity index (χ0n) is 11.1. The fourth-order valence-corrected chi connectivity index (χ4v) is 3.56. The number of aliphatic imine (C=N–C) groups is 1. The molecule has 1 aliphatic heterocycles. The number of anilines is 1. The van der Waals surface area contributed by atoms with Crippen molar-refractivity contribution >= 4 is 22.6 Å². The Balaban J connectivity index is 1.96. The standard InChI is InChI=1S/C14H18F2N2S/c1-3-9(4-2)13-8-17-14(19-13)18-10-5-6-11(15)12(16)7-10/h5-7,9,13H,3-4,8H2,1-2H3,(H,17,18). The first kappa shape index (κ1) is 14.3. The molecule has 0 aliphatic carbocycles. The van der Waals surface area contributed by atoms with Crippen LogP contribution in [0.5, 0.6) is 0 Å². The molecule has 2 rings (SSSR count). The summed E-state index contributed by atoms with van der Waals surface area (Å²) in [6, 6.07) is 3.80. The van der Waals surface area contributed by atoms with Crippen molar-refractivity contribution in [3.63, 3.8) is 0 Å². The van der Waals surface area contributed by atoms with Gasteiger partial charge in [0.2, 0.25) is 0 Å². The lowest BCUT2D eigenvalue weighted by molar-refractivity contribution is 0.479. The van der Waals surface area contributed by atoms with Crippen molar-refractivity contribution in [2.75, 3.05) is 11.9 Å². The summed E-state index contributed by atoms with van der Waals surface area (Å²) in [5.41, 5.74) is 0.537. The number of hydrogen-bond donors (Lipinski definition) is 1. The Labute approximate surface area is 116 Å². The maximum Gasteiger partial charge on any atom is 0.161 e. The second kappa shape index (κ2) is 6.37. The zero-order chi connectivity index (χ0) is 13.8. The van der Waals surface area contributed by atoms with Gasteiger partial charge in [0.1, 0.15) is 0 Å². The molecule has 1 aliphatic rings. The zero-order valence-corrected chi connectivity index (χ0v) is 11.9. The summed E-state index contributed by atoms with van der Waals surface area (Å²) < 4.78 is 25.9. The van der Waals surface area contributed by atoms with E-state index in [2.05, 4.69) is 24.2 Å². The Morgan fingerprint density at radius 3 is 2.68 bits per heavy atom. The first-order chi connectivity index (χ1) is 9.13. The topological polar surface area (TPSA) is 24.4 Å². The van der Waals surface area contributed by atoms with Crippen LogP contribution < -0.4 is 5.32 Å². The second-order valence-corrected chi connectivity index (χ2v) is 5.86.